The maximum absolute atomic E-state index is 4.95. The summed E-state index contributed by atoms with van der Waals surface area (Å²) in [4.78, 5) is 0. The predicted octanol–water partition coefficient (Wildman–Crippen LogP) is 0.195. The maximum atomic E-state index is 4.95. The zero-order valence-corrected chi connectivity index (χ0v) is 8.93. The van der Waals surface area contributed by atoms with Gasteiger partial charge in [-0.15, -0.1) is 0 Å². The Balaban J connectivity index is 3.28. The molecule has 0 heterocycles. The van der Waals surface area contributed by atoms with Crippen molar-refractivity contribution in [2.45, 2.75) is 19.5 Å². The second kappa shape index (κ2) is 9.92. The van der Waals surface area contributed by atoms with Crippen LogP contribution in [0.25, 0.3) is 0 Å². The Morgan fingerprint density at radius 2 is 1.46 bits per heavy atom. The first-order valence-corrected chi connectivity index (χ1v) is 4.79. The lowest BCUT2D eigenvalue weighted by atomic mass is 10.3. The van der Waals surface area contributed by atoms with Crippen molar-refractivity contribution in [3.63, 3.8) is 0 Å². The smallest absolute Gasteiger partial charge is 0.0587 e. The fraction of sp³-hybridized carbons (Fsp3) is 1.00. The molecule has 0 aliphatic carbocycles. The van der Waals surface area contributed by atoms with Crippen LogP contribution in [-0.4, -0.2) is 46.7 Å². The van der Waals surface area contributed by atoms with Crippen LogP contribution in [0, 0.1) is 0 Å². The SMILES string of the molecule is CCC(NCCOC)NCCOC. The quantitative estimate of drug-likeness (QED) is 0.402. The topological polar surface area (TPSA) is 42.5 Å². The highest BCUT2D eigenvalue weighted by atomic mass is 16.5. The summed E-state index contributed by atoms with van der Waals surface area (Å²) < 4.78 is 9.89. The van der Waals surface area contributed by atoms with Gasteiger partial charge < -0.3 is 9.47 Å². The first-order valence-electron chi connectivity index (χ1n) is 4.79. The molecule has 0 saturated carbocycles. The molecule has 4 heteroatoms. The molecule has 0 aliphatic heterocycles. The van der Waals surface area contributed by atoms with Crippen molar-refractivity contribution >= 4 is 0 Å². The van der Waals surface area contributed by atoms with Gasteiger partial charge in [0.05, 0.1) is 19.4 Å². The van der Waals surface area contributed by atoms with E-state index in [2.05, 4.69) is 17.6 Å². The monoisotopic (exact) mass is 190 g/mol. The van der Waals surface area contributed by atoms with Crippen molar-refractivity contribution in [3.8, 4) is 0 Å². The minimum atomic E-state index is 0.366. The highest BCUT2D eigenvalue weighted by Gasteiger charge is 2.02. The van der Waals surface area contributed by atoms with Gasteiger partial charge in [0, 0.05) is 27.3 Å². The van der Waals surface area contributed by atoms with E-state index in [0.717, 1.165) is 32.7 Å². The third kappa shape index (κ3) is 8.18. The Morgan fingerprint density at radius 3 is 1.77 bits per heavy atom. The molecule has 0 rings (SSSR count). The van der Waals surface area contributed by atoms with Crippen LogP contribution in [0.15, 0.2) is 0 Å². The average molecular weight is 190 g/mol. The molecular weight excluding hydrogens is 168 g/mol. The fourth-order valence-electron chi connectivity index (χ4n) is 1.03. The number of ether oxygens (including phenoxy) is 2. The molecule has 0 aliphatic rings. The summed E-state index contributed by atoms with van der Waals surface area (Å²) in [5, 5.41) is 6.68. The molecule has 0 saturated heterocycles. The normalized spacial score (nSPS) is 11.1. The molecule has 2 N–H and O–H groups in total. The van der Waals surface area contributed by atoms with Gasteiger partial charge in [-0.3, -0.25) is 10.6 Å². The molecule has 0 bridgehead atoms. The lowest BCUT2D eigenvalue weighted by Crippen LogP contribution is -2.44. The van der Waals surface area contributed by atoms with Gasteiger partial charge in [-0.05, 0) is 6.42 Å². The van der Waals surface area contributed by atoms with Gasteiger partial charge in [0.25, 0.3) is 0 Å². The molecular formula is C9H22N2O2. The third-order valence-electron chi connectivity index (χ3n) is 1.80. The molecule has 0 aromatic carbocycles. The van der Waals surface area contributed by atoms with Crippen LogP contribution < -0.4 is 10.6 Å². The molecule has 0 radical (unpaired) electrons. The van der Waals surface area contributed by atoms with E-state index in [0.29, 0.717) is 6.17 Å². The fourth-order valence-corrected chi connectivity index (χ4v) is 1.03. The zero-order chi connectivity index (χ0) is 9.94. The molecule has 13 heavy (non-hydrogen) atoms. The number of methoxy groups -OCH3 is 2. The maximum Gasteiger partial charge on any atom is 0.0587 e. The molecule has 0 unspecified atom stereocenters. The van der Waals surface area contributed by atoms with Crippen molar-refractivity contribution in [1.82, 2.24) is 10.6 Å². The van der Waals surface area contributed by atoms with E-state index in [9.17, 15) is 0 Å². The van der Waals surface area contributed by atoms with Gasteiger partial charge in [0.1, 0.15) is 0 Å². The number of hydrogen-bond donors (Lipinski definition) is 2. The zero-order valence-electron chi connectivity index (χ0n) is 8.93. The molecule has 0 atom stereocenters. The number of nitrogens with one attached hydrogen (secondary N) is 2. The van der Waals surface area contributed by atoms with E-state index in [1.807, 2.05) is 0 Å². The molecule has 4 nitrogen and oxygen atoms in total. The molecule has 0 fully saturated rings. The summed E-state index contributed by atoms with van der Waals surface area (Å²) in [7, 11) is 3.42. The van der Waals surface area contributed by atoms with E-state index in [-0.39, 0.29) is 0 Å². The minimum Gasteiger partial charge on any atom is -0.383 e. The van der Waals surface area contributed by atoms with Crippen LogP contribution in [0.5, 0.6) is 0 Å². The first-order chi connectivity index (χ1) is 6.35. The second-order valence-corrected chi connectivity index (χ2v) is 2.85. The lowest BCUT2D eigenvalue weighted by molar-refractivity contribution is 0.181. The Morgan fingerprint density at radius 1 is 1.00 bits per heavy atom. The summed E-state index contributed by atoms with van der Waals surface area (Å²) in [5.74, 6) is 0. The summed E-state index contributed by atoms with van der Waals surface area (Å²) in [6.45, 7) is 5.42. The van der Waals surface area contributed by atoms with E-state index in [1.165, 1.54) is 0 Å². The van der Waals surface area contributed by atoms with Crippen LogP contribution >= 0.6 is 0 Å². The van der Waals surface area contributed by atoms with Crippen molar-refractivity contribution in [2.24, 2.45) is 0 Å². The second-order valence-electron chi connectivity index (χ2n) is 2.85. The Hall–Kier alpha value is -0.160. The predicted molar refractivity (Wildman–Crippen MR) is 53.8 cm³/mol. The number of hydrogen-bond acceptors (Lipinski definition) is 4. The number of rotatable bonds is 9. The van der Waals surface area contributed by atoms with Gasteiger partial charge in [0.2, 0.25) is 0 Å². The van der Waals surface area contributed by atoms with Gasteiger partial charge in [-0.25, -0.2) is 0 Å². The summed E-state index contributed by atoms with van der Waals surface area (Å²) >= 11 is 0. The molecule has 0 aromatic heterocycles. The van der Waals surface area contributed by atoms with Crippen LogP contribution in [0.2, 0.25) is 0 Å². The first kappa shape index (κ1) is 12.8. The summed E-state index contributed by atoms with van der Waals surface area (Å²) in [6, 6.07) is 0. The molecule has 80 valence electrons. The molecule has 0 amide bonds. The minimum absolute atomic E-state index is 0.366. The van der Waals surface area contributed by atoms with Crippen LogP contribution in [0.3, 0.4) is 0 Å². The summed E-state index contributed by atoms with van der Waals surface area (Å²) in [5.41, 5.74) is 0. The lowest BCUT2D eigenvalue weighted by Gasteiger charge is -2.18. The van der Waals surface area contributed by atoms with Gasteiger partial charge >= 0.3 is 0 Å². The van der Waals surface area contributed by atoms with E-state index >= 15 is 0 Å². The van der Waals surface area contributed by atoms with Gasteiger partial charge in [-0.2, -0.15) is 0 Å². The Bertz CT molecular complexity index is 91.6. The standard InChI is InChI=1S/C9H22N2O2/c1-4-9(10-5-7-12-2)11-6-8-13-3/h9-11H,4-8H2,1-3H3. The van der Waals surface area contributed by atoms with E-state index in [1.54, 1.807) is 14.2 Å². The van der Waals surface area contributed by atoms with Crippen molar-refractivity contribution in [3.05, 3.63) is 0 Å². The van der Waals surface area contributed by atoms with Gasteiger partial charge in [-0.1, -0.05) is 6.92 Å². The summed E-state index contributed by atoms with van der Waals surface area (Å²) in [6.07, 6.45) is 1.43. The Kier molecular flexibility index (Phi) is 9.80. The largest absolute Gasteiger partial charge is 0.383 e. The van der Waals surface area contributed by atoms with Crippen molar-refractivity contribution in [1.29, 1.82) is 0 Å². The molecule has 0 aromatic rings. The van der Waals surface area contributed by atoms with Crippen LogP contribution in [0.1, 0.15) is 13.3 Å². The third-order valence-corrected chi connectivity index (χ3v) is 1.80. The van der Waals surface area contributed by atoms with Crippen LogP contribution in [-0.2, 0) is 9.47 Å². The van der Waals surface area contributed by atoms with Crippen LogP contribution in [0.4, 0.5) is 0 Å². The van der Waals surface area contributed by atoms with E-state index < -0.39 is 0 Å². The Labute approximate surface area is 81.0 Å². The molecule has 0 spiro atoms. The van der Waals surface area contributed by atoms with Gasteiger partial charge in [0.15, 0.2) is 0 Å². The van der Waals surface area contributed by atoms with Crippen molar-refractivity contribution < 1.29 is 9.47 Å². The highest BCUT2D eigenvalue weighted by molar-refractivity contribution is 4.61. The van der Waals surface area contributed by atoms with E-state index in [4.69, 9.17) is 9.47 Å². The highest BCUT2D eigenvalue weighted by Crippen LogP contribution is 1.84. The average Bonchev–Trinajstić information content (AvgIpc) is 2.16. The van der Waals surface area contributed by atoms with Crippen molar-refractivity contribution in [2.75, 3.05) is 40.5 Å².